The third-order valence-corrected chi connectivity index (χ3v) is 1.90. The average Bonchev–Trinajstić information content (AvgIpc) is 2.57. The molecule has 3 nitrogen and oxygen atoms in total. The molecule has 0 saturated carbocycles. The summed E-state index contributed by atoms with van der Waals surface area (Å²) in [5.74, 6) is 0.833. The fourth-order valence-electron chi connectivity index (χ4n) is 1.05. The van der Waals surface area contributed by atoms with Gasteiger partial charge in [-0.1, -0.05) is 12.2 Å². The van der Waals surface area contributed by atoms with Gasteiger partial charge in [0.05, 0.1) is 19.8 Å². The number of halogens is 1. The maximum Gasteiger partial charge on any atom is 0.193 e. The molecule has 1 N–H and O–H groups in total. The van der Waals surface area contributed by atoms with Crippen molar-refractivity contribution in [1.29, 1.82) is 0 Å². The van der Waals surface area contributed by atoms with Crippen LogP contribution in [0, 0.1) is 0 Å². The molecule has 0 atom stereocenters. The Morgan fingerprint density at radius 2 is 2.40 bits per heavy atom. The van der Waals surface area contributed by atoms with Crippen molar-refractivity contribution in [2.45, 2.75) is 13.5 Å². The standard InChI is InChI=1S/C11H16ClNO2/c1-9(2)8-14-6-5-13-7-10-3-4-11(12)15-10/h3-4,13H,1,5-8H2,2H3. The predicted molar refractivity (Wildman–Crippen MR) is 61.1 cm³/mol. The number of rotatable bonds is 7. The molecule has 0 aliphatic heterocycles. The molecule has 0 radical (unpaired) electrons. The summed E-state index contributed by atoms with van der Waals surface area (Å²) in [5, 5.41) is 3.60. The molecule has 1 heterocycles. The molecule has 1 rings (SSSR count). The van der Waals surface area contributed by atoms with E-state index in [9.17, 15) is 0 Å². The fourth-order valence-corrected chi connectivity index (χ4v) is 1.21. The van der Waals surface area contributed by atoms with Crippen LogP contribution in [0.4, 0.5) is 0 Å². The quantitative estimate of drug-likeness (QED) is 0.577. The lowest BCUT2D eigenvalue weighted by Crippen LogP contribution is -2.19. The molecule has 0 unspecified atom stereocenters. The van der Waals surface area contributed by atoms with Gasteiger partial charge in [-0.15, -0.1) is 0 Å². The summed E-state index contributed by atoms with van der Waals surface area (Å²) in [6, 6.07) is 3.58. The molecular weight excluding hydrogens is 214 g/mol. The number of furan rings is 1. The second kappa shape index (κ2) is 6.67. The zero-order valence-corrected chi connectivity index (χ0v) is 9.64. The van der Waals surface area contributed by atoms with E-state index in [0.29, 0.717) is 25.0 Å². The van der Waals surface area contributed by atoms with E-state index in [4.69, 9.17) is 20.8 Å². The van der Waals surface area contributed by atoms with Gasteiger partial charge in [-0.05, 0) is 30.7 Å². The molecule has 0 aromatic carbocycles. The van der Waals surface area contributed by atoms with Crippen molar-refractivity contribution in [2.75, 3.05) is 19.8 Å². The lowest BCUT2D eigenvalue weighted by atomic mass is 10.4. The molecule has 1 aromatic rings. The first-order chi connectivity index (χ1) is 7.18. The van der Waals surface area contributed by atoms with E-state index in [2.05, 4.69) is 11.9 Å². The van der Waals surface area contributed by atoms with E-state index in [1.807, 2.05) is 13.0 Å². The highest BCUT2D eigenvalue weighted by Crippen LogP contribution is 2.12. The van der Waals surface area contributed by atoms with Crippen LogP contribution in [0.3, 0.4) is 0 Å². The van der Waals surface area contributed by atoms with Crippen molar-refractivity contribution in [3.8, 4) is 0 Å². The van der Waals surface area contributed by atoms with Crippen molar-refractivity contribution in [2.24, 2.45) is 0 Å². The largest absolute Gasteiger partial charge is 0.448 e. The first-order valence-corrected chi connectivity index (χ1v) is 5.23. The molecule has 1 aromatic heterocycles. The molecular formula is C11H16ClNO2. The van der Waals surface area contributed by atoms with E-state index in [-0.39, 0.29) is 0 Å². The Bertz CT molecular complexity index is 309. The number of nitrogens with one attached hydrogen (secondary N) is 1. The average molecular weight is 230 g/mol. The van der Waals surface area contributed by atoms with Crippen LogP contribution in [0.2, 0.25) is 5.22 Å². The fraction of sp³-hybridized carbons (Fsp3) is 0.455. The summed E-state index contributed by atoms with van der Waals surface area (Å²) < 4.78 is 10.5. The highest BCUT2D eigenvalue weighted by Gasteiger charge is 1.98. The van der Waals surface area contributed by atoms with Gasteiger partial charge in [0.2, 0.25) is 0 Å². The van der Waals surface area contributed by atoms with Gasteiger partial charge in [0.15, 0.2) is 5.22 Å². The SMILES string of the molecule is C=C(C)COCCNCc1ccc(Cl)o1. The van der Waals surface area contributed by atoms with Gasteiger partial charge in [-0.3, -0.25) is 0 Å². The van der Waals surface area contributed by atoms with Crippen LogP contribution in [-0.2, 0) is 11.3 Å². The topological polar surface area (TPSA) is 34.4 Å². The van der Waals surface area contributed by atoms with E-state index in [1.165, 1.54) is 0 Å². The Kier molecular flexibility index (Phi) is 5.47. The van der Waals surface area contributed by atoms with Crippen LogP contribution >= 0.6 is 11.6 Å². The molecule has 0 amide bonds. The lowest BCUT2D eigenvalue weighted by molar-refractivity contribution is 0.157. The van der Waals surface area contributed by atoms with Crippen LogP contribution < -0.4 is 5.32 Å². The van der Waals surface area contributed by atoms with E-state index < -0.39 is 0 Å². The summed E-state index contributed by atoms with van der Waals surface area (Å²) in [7, 11) is 0. The third-order valence-electron chi connectivity index (χ3n) is 1.70. The normalized spacial score (nSPS) is 10.5. The summed E-state index contributed by atoms with van der Waals surface area (Å²) in [4.78, 5) is 0. The van der Waals surface area contributed by atoms with Crippen LogP contribution in [0.1, 0.15) is 12.7 Å². The molecule has 0 aliphatic rings. The molecule has 0 saturated heterocycles. The molecule has 84 valence electrons. The van der Waals surface area contributed by atoms with Crippen molar-refractivity contribution >= 4 is 11.6 Å². The monoisotopic (exact) mass is 229 g/mol. The van der Waals surface area contributed by atoms with Crippen molar-refractivity contribution in [1.82, 2.24) is 5.32 Å². The minimum atomic E-state index is 0.422. The lowest BCUT2D eigenvalue weighted by Gasteiger charge is -2.04. The van der Waals surface area contributed by atoms with Crippen LogP contribution in [0.25, 0.3) is 0 Å². The second-order valence-electron chi connectivity index (χ2n) is 3.39. The molecule has 15 heavy (non-hydrogen) atoms. The number of hydrogen-bond acceptors (Lipinski definition) is 3. The van der Waals surface area contributed by atoms with Crippen molar-refractivity contribution in [3.63, 3.8) is 0 Å². The van der Waals surface area contributed by atoms with E-state index in [1.54, 1.807) is 6.07 Å². The Labute approximate surface area is 95.1 Å². The smallest absolute Gasteiger partial charge is 0.193 e. The van der Waals surface area contributed by atoms with Crippen LogP contribution in [-0.4, -0.2) is 19.8 Å². The zero-order chi connectivity index (χ0) is 11.1. The van der Waals surface area contributed by atoms with Gasteiger partial charge in [0, 0.05) is 6.54 Å². The highest BCUT2D eigenvalue weighted by molar-refractivity contribution is 6.28. The van der Waals surface area contributed by atoms with Crippen molar-refractivity contribution in [3.05, 3.63) is 35.3 Å². The van der Waals surface area contributed by atoms with Crippen LogP contribution in [0.15, 0.2) is 28.7 Å². The zero-order valence-electron chi connectivity index (χ0n) is 8.88. The Morgan fingerprint density at radius 3 is 3.00 bits per heavy atom. The van der Waals surface area contributed by atoms with E-state index >= 15 is 0 Å². The molecule has 0 aliphatic carbocycles. The molecule has 0 bridgehead atoms. The summed E-state index contributed by atoms with van der Waals surface area (Å²) in [6.45, 7) is 8.43. The van der Waals surface area contributed by atoms with Gasteiger partial charge in [-0.2, -0.15) is 0 Å². The van der Waals surface area contributed by atoms with E-state index in [0.717, 1.165) is 17.9 Å². The highest BCUT2D eigenvalue weighted by atomic mass is 35.5. The Balaban J connectivity index is 2.00. The number of ether oxygens (including phenoxy) is 1. The first-order valence-electron chi connectivity index (χ1n) is 4.85. The van der Waals surface area contributed by atoms with Gasteiger partial charge < -0.3 is 14.5 Å². The molecule has 4 heteroatoms. The summed E-state index contributed by atoms with van der Waals surface area (Å²) >= 11 is 5.63. The number of hydrogen-bond donors (Lipinski definition) is 1. The predicted octanol–water partition coefficient (Wildman–Crippen LogP) is 2.62. The maximum absolute atomic E-state index is 5.63. The van der Waals surface area contributed by atoms with Gasteiger partial charge >= 0.3 is 0 Å². The van der Waals surface area contributed by atoms with Gasteiger partial charge in [0.25, 0.3) is 0 Å². The Hall–Kier alpha value is -0.770. The summed E-state index contributed by atoms with van der Waals surface area (Å²) in [5.41, 5.74) is 1.04. The first kappa shape index (κ1) is 12.3. The molecule has 0 spiro atoms. The maximum atomic E-state index is 5.63. The minimum absolute atomic E-state index is 0.422. The third kappa shape index (κ3) is 5.62. The summed E-state index contributed by atoms with van der Waals surface area (Å²) in [6.07, 6.45) is 0. The van der Waals surface area contributed by atoms with Crippen molar-refractivity contribution < 1.29 is 9.15 Å². The van der Waals surface area contributed by atoms with Gasteiger partial charge in [0.1, 0.15) is 5.76 Å². The minimum Gasteiger partial charge on any atom is -0.448 e. The second-order valence-corrected chi connectivity index (χ2v) is 3.76. The van der Waals surface area contributed by atoms with Crippen LogP contribution in [0.5, 0.6) is 0 Å². The molecule has 0 fully saturated rings. The Morgan fingerprint density at radius 1 is 1.60 bits per heavy atom. The van der Waals surface area contributed by atoms with Gasteiger partial charge in [-0.25, -0.2) is 0 Å².